The first-order valence-corrected chi connectivity index (χ1v) is 13.9. The minimum atomic E-state index is -3.48. The van der Waals surface area contributed by atoms with Gasteiger partial charge in [-0.05, 0) is 43.2 Å². The number of sulfonamides is 1. The smallest absolute Gasteiger partial charge is 0.243 e. The van der Waals surface area contributed by atoms with Gasteiger partial charge in [-0.1, -0.05) is 19.6 Å². The first-order valence-electron chi connectivity index (χ1n) is 8.80. The molecule has 2 heterocycles. The van der Waals surface area contributed by atoms with E-state index in [1.165, 1.54) is 0 Å². The van der Waals surface area contributed by atoms with Crippen LogP contribution in [0.4, 0.5) is 0 Å². The van der Waals surface area contributed by atoms with Gasteiger partial charge < -0.3 is 4.74 Å². The SMILES string of the molecule is C[Si](C)(C)CCOc1ccc(S(=O)(=O)N2CCCC2)c2cccnc12. The average Bonchev–Trinajstić information content (AvgIpc) is 3.09. The zero-order valence-corrected chi connectivity index (χ0v) is 17.0. The molecule has 2 aromatic rings. The molecule has 1 aromatic heterocycles. The lowest BCUT2D eigenvalue weighted by Crippen LogP contribution is -2.28. The first-order chi connectivity index (χ1) is 11.8. The molecule has 136 valence electrons. The summed E-state index contributed by atoms with van der Waals surface area (Å²) in [4.78, 5) is 4.73. The van der Waals surface area contributed by atoms with Gasteiger partial charge in [-0.15, -0.1) is 0 Å². The van der Waals surface area contributed by atoms with Crippen molar-refractivity contribution in [2.45, 2.75) is 43.4 Å². The molecule has 25 heavy (non-hydrogen) atoms. The maximum Gasteiger partial charge on any atom is 0.243 e. The van der Waals surface area contributed by atoms with E-state index in [2.05, 4.69) is 24.6 Å². The highest BCUT2D eigenvalue weighted by atomic mass is 32.2. The van der Waals surface area contributed by atoms with Crippen LogP contribution in [0.5, 0.6) is 5.75 Å². The Labute approximate surface area is 151 Å². The van der Waals surface area contributed by atoms with Crippen LogP contribution in [-0.2, 0) is 10.0 Å². The van der Waals surface area contributed by atoms with Crippen molar-refractivity contribution in [1.29, 1.82) is 0 Å². The third kappa shape index (κ3) is 4.04. The topological polar surface area (TPSA) is 59.5 Å². The summed E-state index contributed by atoms with van der Waals surface area (Å²) in [7, 11) is -4.67. The van der Waals surface area contributed by atoms with Gasteiger partial charge in [-0.3, -0.25) is 4.98 Å². The Kier molecular flexibility index (Phi) is 5.18. The van der Waals surface area contributed by atoms with Crippen LogP contribution in [0.2, 0.25) is 25.7 Å². The minimum Gasteiger partial charge on any atom is -0.492 e. The normalized spacial score (nSPS) is 16.4. The van der Waals surface area contributed by atoms with E-state index in [1.54, 1.807) is 28.7 Å². The van der Waals surface area contributed by atoms with E-state index in [4.69, 9.17) is 4.74 Å². The Morgan fingerprint density at radius 1 is 1.16 bits per heavy atom. The number of hydrogen-bond acceptors (Lipinski definition) is 4. The number of hydrogen-bond donors (Lipinski definition) is 0. The number of benzene rings is 1. The van der Waals surface area contributed by atoms with Crippen LogP contribution >= 0.6 is 0 Å². The Bertz CT molecular complexity index is 856. The lowest BCUT2D eigenvalue weighted by molar-refractivity contribution is 0.341. The van der Waals surface area contributed by atoms with E-state index in [0.29, 0.717) is 41.2 Å². The fraction of sp³-hybridized carbons (Fsp3) is 0.500. The molecular formula is C18H26N2O3SSi. The molecule has 1 aliphatic heterocycles. The molecule has 1 aromatic carbocycles. The van der Waals surface area contributed by atoms with E-state index in [1.807, 2.05) is 6.07 Å². The van der Waals surface area contributed by atoms with E-state index in [-0.39, 0.29) is 0 Å². The lowest BCUT2D eigenvalue weighted by atomic mass is 10.2. The average molecular weight is 379 g/mol. The summed E-state index contributed by atoms with van der Waals surface area (Å²) in [6.45, 7) is 8.74. The highest BCUT2D eigenvalue weighted by molar-refractivity contribution is 7.89. The molecule has 1 fully saturated rings. The van der Waals surface area contributed by atoms with E-state index >= 15 is 0 Å². The van der Waals surface area contributed by atoms with E-state index < -0.39 is 18.1 Å². The standard InChI is InChI=1S/C18H26N2O3SSi/c1-25(2,3)14-13-23-16-8-9-17(15-7-6-10-19-18(15)16)24(21,22)20-11-4-5-12-20/h6-10H,4-5,11-14H2,1-3H3. The van der Waals surface area contributed by atoms with Gasteiger partial charge in [0.1, 0.15) is 11.3 Å². The third-order valence-corrected chi connectivity index (χ3v) is 8.15. The number of fused-ring (bicyclic) bond motifs is 1. The molecule has 0 aliphatic carbocycles. The fourth-order valence-corrected chi connectivity index (χ4v) is 5.41. The summed E-state index contributed by atoms with van der Waals surface area (Å²) in [5, 5.41) is 0.639. The molecule has 0 atom stereocenters. The van der Waals surface area contributed by atoms with Crippen molar-refractivity contribution >= 4 is 29.0 Å². The van der Waals surface area contributed by atoms with Gasteiger partial charge in [0.15, 0.2) is 0 Å². The van der Waals surface area contributed by atoms with Crippen LogP contribution in [0.25, 0.3) is 10.9 Å². The fourth-order valence-electron chi connectivity index (χ4n) is 3.00. The van der Waals surface area contributed by atoms with Crippen LogP contribution in [0.15, 0.2) is 35.4 Å². The molecule has 0 amide bonds. The number of nitrogens with zero attached hydrogens (tertiary/aromatic N) is 2. The second-order valence-corrected chi connectivity index (χ2v) is 15.3. The van der Waals surface area contributed by atoms with Crippen molar-refractivity contribution in [2.75, 3.05) is 19.7 Å². The van der Waals surface area contributed by atoms with E-state index in [0.717, 1.165) is 18.9 Å². The van der Waals surface area contributed by atoms with Gasteiger partial charge in [-0.25, -0.2) is 8.42 Å². The predicted octanol–water partition coefficient (Wildman–Crippen LogP) is 3.74. The van der Waals surface area contributed by atoms with Crippen LogP contribution in [-0.4, -0.2) is 45.5 Å². The number of pyridine rings is 1. The molecule has 1 aliphatic rings. The summed E-state index contributed by atoms with van der Waals surface area (Å²) < 4.78 is 33.5. The maximum absolute atomic E-state index is 13.0. The van der Waals surface area contributed by atoms with Crippen LogP contribution in [0.3, 0.4) is 0 Å². The molecule has 0 N–H and O–H groups in total. The van der Waals surface area contributed by atoms with Gasteiger partial charge in [0.25, 0.3) is 0 Å². The number of rotatable bonds is 6. The Morgan fingerprint density at radius 2 is 1.88 bits per heavy atom. The Balaban J connectivity index is 1.96. The number of aromatic nitrogens is 1. The predicted molar refractivity (Wildman–Crippen MR) is 103 cm³/mol. The zero-order valence-electron chi connectivity index (χ0n) is 15.2. The first kappa shape index (κ1) is 18.4. The molecule has 0 radical (unpaired) electrons. The maximum atomic E-state index is 13.0. The van der Waals surface area contributed by atoms with Crippen LogP contribution in [0, 0.1) is 0 Å². The second-order valence-electron chi connectivity index (χ2n) is 7.73. The highest BCUT2D eigenvalue weighted by Crippen LogP contribution is 2.32. The van der Waals surface area contributed by atoms with Gasteiger partial charge in [0.2, 0.25) is 10.0 Å². The van der Waals surface area contributed by atoms with Gasteiger partial charge in [0, 0.05) is 32.7 Å². The van der Waals surface area contributed by atoms with E-state index in [9.17, 15) is 8.42 Å². The summed E-state index contributed by atoms with van der Waals surface area (Å²) in [5.74, 6) is 0.661. The highest BCUT2D eigenvalue weighted by Gasteiger charge is 2.29. The zero-order chi connectivity index (χ0) is 18.1. The summed E-state index contributed by atoms with van der Waals surface area (Å²) in [6.07, 6.45) is 3.53. The molecule has 0 spiro atoms. The number of ether oxygens (including phenoxy) is 1. The van der Waals surface area contributed by atoms with Crippen molar-refractivity contribution in [3.63, 3.8) is 0 Å². The van der Waals surface area contributed by atoms with Gasteiger partial charge in [0.05, 0.1) is 11.5 Å². The third-order valence-electron chi connectivity index (χ3n) is 4.49. The molecule has 7 heteroatoms. The van der Waals surface area contributed by atoms with Crippen molar-refractivity contribution in [3.05, 3.63) is 30.5 Å². The quantitative estimate of drug-likeness (QED) is 0.719. The summed E-state index contributed by atoms with van der Waals surface area (Å²) >= 11 is 0. The minimum absolute atomic E-state index is 0.329. The summed E-state index contributed by atoms with van der Waals surface area (Å²) in [5.41, 5.74) is 0.623. The van der Waals surface area contributed by atoms with Crippen molar-refractivity contribution in [1.82, 2.24) is 9.29 Å². The van der Waals surface area contributed by atoms with Crippen LogP contribution in [0.1, 0.15) is 12.8 Å². The monoisotopic (exact) mass is 378 g/mol. The summed E-state index contributed by atoms with van der Waals surface area (Å²) in [6, 6.07) is 8.06. The van der Waals surface area contributed by atoms with Crippen molar-refractivity contribution in [2.24, 2.45) is 0 Å². The molecule has 0 saturated carbocycles. The second kappa shape index (κ2) is 7.05. The molecule has 1 saturated heterocycles. The molecule has 5 nitrogen and oxygen atoms in total. The Morgan fingerprint density at radius 3 is 2.56 bits per heavy atom. The molecule has 0 unspecified atom stereocenters. The van der Waals surface area contributed by atoms with Gasteiger partial charge in [-0.2, -0.15) is 4.31 Å². The van der Waals surface area contributed by atoms with Crippen molar-refractivity contribution < 1.29 is 13.2 Å². The molecule has 3 rings (SSSR count). The lowest BCUT2D eigenvalue weighted by Gasteiger charge is -2.19. The largest absolute Gasteiger partial charge is 0.492 e. The van der Waals surface area contributed by atoms with Crippen LogP contribution < -0.4 is 4.74 Å². The molecular weight excluding hydrogens is 352 g/mol. The van der Waals surface area contributed by atoms with Crippen molar-refractivity contribution in [3.8, 4) is 5.75 Å². The Hall–Kier alpha value is -1.44. The van der Waals surface area contributed by atoms with Gasteiger partial charge >= 0.3 is 0 Å². The molecule has 0 bridgehead atoms.